The molecule has 13 heavy (non-hydrogen) atoms. The highest BCUT2D eigenvalue weighted by Gasteiger charge is 2.18. The fourth-order valence-corrected chi connectivity index (χ4v) is 2.38. The molecule has 0 atom stereocenters. The van der Waals surface area contributed by atoms with Gasteiger partial charge in [0.25, 0.3) is 0 Å². The number of halogens is 1. The first-order valence-electron chi connectivity index (χ1n) is 4.50. The van der Waals surface area contributed by atoms with E-state index >= 15 is 0 Å². The molecule has 2 heterocycles. The van der Waals surface area contributed by atoms with Gasteiger partial charge in [0.15, 0.2) is 0 Å². The van der Waals surface area contributed by atoms with Crippen LogP contribution in [0.2, 0.25) is 5.02 Å². The van der Waals surface area contributed by atoms with E-state index in [1.165, 1.54) is 17.7 Å². The minimum atomic E-state index is 0.824. The van der Waals surface area contributed by atoms with Crippen LogP contribution in [-0.2, 0) is 12.8 Å². The Balaban J connectivity index is 2.46. The highest BCUT2D eigenvalue weighted by Crippen LogP contribution is 2.32. The summed E-state index contributed by atoms with van der Waals surface area (Å²) in [5, 5.41) is 1.96. The second kappa shape index (κ2) is 2.48. The molecule has 0 saturated carbocycles. The van der Waals surface area contributed by atoms with Crippen molar-refractivity contribution < 1.29 is 0 Å². The molecular formula is C10H9ClN2. The topological polar surface area (TPSA) is 28.7 Å². The molecule has 3 rings (SSSR count). The van der Waals surface area contributed by atoms with Crippen molar-refractivity contribution in [3.63, 3.8) is 0 Å². The molecular weight excluding hydrogens is 184 g/mol. The minimum absolute atomic E-state index is 0.824. The van der Waals surface area contributed by atoms with Gasteiger partial charge in [0, 0.05) is 17.3 Å². The minimum Gasteiger partial charge on any atom is -0.343 e. The summed E-state index contributed by atoms with van der Waals surface area (Å²) in [5.74, 6) is 0. The lowest BCUT2D eigenvalue weighted by Gasteiger charge is -1.94. The Morgan fingerprint density at radius 1 is 1.38 bits per heavy atom. The van der Waals surface area contributed by atoms with Gasteiger partial charge in [-0.05, 0) is 30.9 Å². The standard InChI is InChI=1S/C10H9ClN2/c11-7-4-5-12-10-9(7)6-2-1-3-8(6)13-10/h4-5H,1-3H2,(H,12,13). The van der Waals surface area contributed by atoms with Gasteiger partial charge in [-0.2, -0.15) is 0 Å². The highest BCUT2D eigenvalue weighted by atomic mass is 35.5. The Kier molecular flexibility index (Phi) is 1.41. The van der Waals surface area contributed by atoms with Crippen LogP contribution >= 0.6 is 11.6 Å². The van der Waals surface area contributed by atoms with E-state index in [9.17, 15) is 0 Å². The van der Waals surface area contributed by atoms with Crippen molar-refractivity contribution in [3.8, 4) is 0 Å². The summed E-state index contributed by atoms with van der Waals surface area (Å²) >= 11 is 6.12. The smallest absolute Gasteiger partial charge is 0.139 e. The number of hydrogen-bond donors (Lipinski definition) is 1. The summed E-state index contributed by atoms with van der Waals surface area (Å²) in [6, 6.07) is 1.86. The van der Waals surface area contributed by atoms with E-state index in [1.54, 1.807) is 6.20 Å². The van der Waals surface area contributed by atoms with Crippen LogP contribution in [-0.4, -0.2) is 9.97 Å². The van der Waals surface area contributed by atoms with Gasteiger partial charge in [-0.1, -0.05) is 11.6 Å². The molecule has 0 amide bonds. The maximum Gasteiger partial charge on any atom is 0.139 e. The molecule has 0 unspecified atom stereocenters. The average molecular weight is 193 g/mol. The van der Waals surface area contributed by atoms with Crippen molar-refractivity contribution in [1.29, 1.82) is 0 Å². The molecule has 2 aromatic rings. The number of rotatable bonds is 0. The number of aromatic nitrogens is 2. The van der Waals surface area contributed by atoms with Gasteiger partial charge in [-0.3, -0.25) is 0 Å². The maximum absolute atomic E-state index is 6.12. The van der Waals surface area contributed by atoms with Crippen LogP contribution in [0, 0.1) is 0 Å². The molecule has 2 aromatic heterocycles. The molecule has 1 N–H and O–H groups in total. The fourth-order valence-electron chi connectivity index (χ4n) is 2.12. The zero-order chi connectivity index (χ0) is 8.84. The van der Waals surface area contributed by atoms with Crippen LogP contribution in [0.5, 0.6) is 0 Å². The first-order chi connectivity index (χ1) is 6.36. The lowest BCUT2D eigenvalue weighted by Crippen LogP contribution is -1.80. The SMILES string of the molecule is Clc1ccnc2[nH]c3c(c12)CCC3. The number of H-pyrrole nitrogens is 1. The quantitative estimate of drug-likeness (QED) is 0.683. The molecule has 0 bridgehead atoms. The molecule has 0 aliphatic heterocycles. The van der Waals surface area contributed by atoms with Crippen molar-refractivity contribution in [3.05, 3.63) is 28.5 Å². The number of fused-ring (bicyclic) bond motifs is 3. The number of aromatic amines is 1. The molecule has 0 radical (unpaired) electrons. The van der Waals surface area contributed by atoms with E-state index in [-0.39, 0.29) is 0 Å². The molecule has 0 fully saturated rings. The molecule has 0 aromatic carbocycles. The molecule has 0 spiro atoms. The van der Waals surface area contributed by atoms with E-state index in [4.69, 9.17) is 11.6 Å². The lowest BCUT2D eigenvalue weighted by molar-refractivity contribution is 0.897. The summed E-state index contributed by atoms with van der Waals surface area (Å²) < 4.78 is 0. The molecule has 0 saturated heterocycles. The zero-order valence-electron chi connectivity index (χ0n) is 7.10. The molecule has 2 nitrogen and oxygen atoms in total. The number of nitrogens with zero attached hydrogens (tertiary/aromatic N) is 1. The predicted molar refractivity (Wildman–Crippen MR) is 53.1 cm³/mol. The third-order valence-electron chi connectivity index (χ3n) is 2.69. The third kappa shape index (κ3) is 0.923. The maximum atomic E-state index is 6.12. The summed E-state index contributed by atoms with van der Waals surface area (Å²) in [4.78, 5) is 7.59. The Morgan fingerprint density at radius 3 is 3.23 bits per heavy atom. The fraction of sp³-hybridized carbons (Fsp3) is 0.300. The van der Waals surface area contributed by atoms with Crippen LogP contribution < -0.4 is 0 Å². The second-order valence-corrected chi connectivity index (χ2v) is 3.86. The monoisotopic (exact) mass is 192 g/mol. The van der Waals surface area contributed by atoms with Gasteiger partial charge in [0.1, 0.15) is 5.65 Å². The highest BCUT2D eigenvalue weighted by molar-refractivity contribution is 6.35. The number of nitrogens with one attached hydrogen (secondary N) is 1. The van der Waals surface area contributed by atoms with Crippen molar-refractivity contribution >= 4 is 22.6 Å². The van der Waals surface area contributed by atoms with Gasteiger partial charge in [0.05, 0.1) is 5.02 Å². The second-order valence-electron chi connectivity index (χ2n) is 3.45. The van der Waals surface area contributed by atoms with E-state index in [0.29, 0.717) is 0 Å². The summed E-state index contributed by atoms with van der Waals surface area (Å²) in [6.45, 7) is 0. The van der Waals surface area contributed by atoms with Crippen LogP contribution in [0.15, 0.2) is 12.3 Å². The van der Waals surface area contributed by atoms with Gasteiger partial charge >= 0.3 is 0 Å². The Labute approximate surface area is 80.9 Å². The van der Waals surface area contributed by atoms with E-state index in [1.807, 2.05) is 6.07 Å². The van der Waals surface area contributed by atoms with E-state index in [0.717, 1.165) is 28.9 Å². The average Bonchev–Trinajstić information content (AvgIpc) is 2.62. The number of hydrogen-bond acceptors (Lipinski definition) is 1. The predicted octanol–water partition coefficient (Wildman–Crippen LogP) is 2.71. The van der Waals surface area contributed by atoms with Crippen LogP contribution in [0.3, 0.4) is 0 Å². The van der Waals surface area contributed by atoms with Gasteiger partial charge < -0.3 is 4.98 Å². The summed E-state index contributed by atoms with van der Waals surface area (Å²) in [5.41, 5.74) is 3.65. The summed E-state index contributed by atoms with van der Waals surface area (Å²) in [6.07, 6.45) is 5.27. The van der Waals surface area contributed by atoms with Crippen molar-refractivity contribution in [2.24, 2.45) is 0 Å². The van der Waals surface area contributed by atoms with Crippen molar-refractivity contribution in [2.75, 3.05) is 0 Å². The number of pyridine rings is 1. The molecule has 66 valence electrons. The van der Waals surface area contributed by atoms with Crippen LogP contribution in [0.4, 0.5) is 0 Å². The van der Waals surface area contributed by atoms with Gasteiger partial charge in [-0.25, -0.2) is 4.98 Å². The number of aryl methyl sites for hydroxylation is 2. The Hall–Kier alpha value is -1.02. The van der Waals surface area contributed by atoms with Crippen LogP contribution in [0.1, 0.15) is 17.7 Å². The van der Waals surface area contributed by atoms with E-state index < -0.39 is 0 Å². The zero-order valence-corrected chi connectivity index (χ0v) is 7.86. The first kappa shape index (κ1) is 7.39. The summed E-state index contributed by atoms with van der Waals surface area (Å²) in [7, 11) is 0. The molecule has 1 aliphatic rings. The van der Waals surface area contributed by atoms with Crippen molar-refractivity contribution in [1.82, 2.24) is 9.97 Å². The largest absolute Gasteiger partial charge is 0.343 e. The first-order valence-corrected chi connectivity index (χ1v) is 4.88. The van der Waals surface area contributed by atoms with Crippen LogP contribution in [0.25, 0.3) is 11.0 Å². The third-order valence-corrected chi connectivity index (χ3v) is 3.00. The Morgan fingerprint density at radius 2 is 2.31 bits per heavy atom. The van der Waals surface area contributed by atoms with Crippen molar-refractivity contribution in [2.45, 2.75) is 19.3 Å². The van der Waals surface area contributed by atoms with E-state index in [2.05, 4.69) is 9.97 Å². The lowest BCUT2D eigenvalue weighted by atomic mass is 10.2. The molecule has 3 heteroatoms. The normalized spacial score (nSPS) is 15.2. The van der Waals surface area contributed by atoms with Gasteiger partial charge in [0.2, 0.25) is 0 Å². The van der Waals surface area contributed by atoms with Gasteiger partial charge in [-0.15, -0.1) is 0 Å². The molecule has 1 aliphatic carbocycles. The Bertz CT molecular complexity index is 473.